The van der Waals surface area contributed by atoms with E-state index in [0.29, 0.717) is 23.6 Å². The highest BCUT2D eigenvalue weighted by Crippen LogP contribution is 2.30. The third-order valence-corrected chi connectivity index (χ3v) is 5.13. The van der Waals surface area contributed by atoms with Gasteiger partial charge >= 0.3 is 0 Å². The number of benzene rings is 1. The van der Waals surface area contributed by atoms with E-state index >= 15 is 0 Å². The number of nitrogens with one attached hydrogen (secondary N) is 2. The molecule has 1 unspecified atom stereocenters. The van der Waals surface area contributed by atoms with Crippen molar-refractivity contribution in [2.45, 2.75) is 25.9 Å². The first kappa shape index (κ1) is 19.6. The van der Waals surface area contributed by atoms with Gasteiger partial charge in [0.1, 0.15) is 0 Å². The molecule has 0 saturated heterocycles. The van der Waals surface area contributed by atoms with Crippen LogP contribution in [0.1, 0.15) is 40.9 Å². The molecule has 7 nitrogen and oxygen atoms in total. The summed E-state index contributed by atoms with van der Waals surface area (Å²) in [5, 5.41) is 6.08. The van der Waals surface area contributed by atoms with Crippen LogP contribution in [0.4, 0.5) is 11.5 Å². The third kappa shape index (κ3) is 4.15. The molecule has 0 aliphatic carbocycles. The van der Waals surface area contributed by atoms with Gasteiger partial charge in [-0.1, -0.05) is 37.3 Å². The van der Waals surface area contributed by atoms with Crippen molar-refractivity contribution < 1.29 is 9.59 Å². The zero-order valence-corrected chi connectivity index (χ0v) is 16.7. The molecule has 152 valence electrons. The molecule has 2 amide bonds. The minimum atomic E-state index is -0.230. The third-order valence-electron chi connectivity index (χ3n) is 5.13. The lowest BCUT2D eigenvalue weighted by molar-refractivity contribution is -0.117. The topological polar surface area (TPSA) is 87.2 Å². The molecule has 0 fully saturated rings. The van der Waals surface area contributed by atoms with Crippen molar-refractivity contribution in [2.75, 3.05) is 16.8 Å². The quantitative estimate of drug-likeness (QED) is 0.662. The van der Waals surface area contributed by atoms with Crippen molar-refractivity contribution >= 4 is 23.3 Å². The lowest BCUT2D eigenvalue weighted by Crippen LogP contribution is -2.40. The molecular weight excluding hydrogens is 378 g/mol. The van der Waals surface area contributed by atoms with E-state index in [2.05, 4.69) is 20.6 Å². The summed E-state index contributed by atoms with van der Waals surface area (Å²) < 4.78 is 0. The van der Waals surface area contributed by atoms with Crippen molar-refractivity contribution in [3.8, 4) is 0 Å². The van der Waals surface area contributed by atoms with E-state index in [4.69, 9.17) is 0 Å². The fourth-order valence-electron chi connectivity index (χ4n) is 3.51. The first-order valence-electron chi connectivity index (χ1n) is 9.94. The summed E-state index contributed by atoms with van der Waals surface area (Å²) in [5.74, 6) is 0.309. The molecule has 4 rings (SSSR count). The number of aromatic nitrogens is 2. The fraction of sp³-hybridized carbons (Fsp3) is 0.217. The average molecular weight is 401 g/mol. The zero-order valence-electron chi connectivity index (χ0n) is 16.7. The molecular formula is C23H23N5O2. The van der Waals surface area contributed by atoms with Crippen LogP contribution in [0, 0.1) is 0 Å². The highest BCUT2D eigenvalue weighted by molar-refractivity contribution is 6.04. The van der Waals surface area contributed by atoms with Crippen LogP contribution in [0.3, 0.4) is 0 Å². The summed E-state index contributed by atoms with van der Waals surface area (Å²) in [4.78, 5) is 35.6. The number of anilines is 2. The van der Waals surface area contributed by atoms with Gasteiger partial charge in [0.15, 0.2) is 5.82 Å². The van der Waals surface area contributed by atoms with E-state index in [1.807, 2.05) is 49.4 Å². The molecule has 1 aromatic carbocycles. The summed E-state index contributed by atoms with van der Waals surface area (Å²) in [7, 11) is 0. The van der Waals surface area contributed by atoms with E-state index in [1.54, 1.807) is 23.4 Å². The predicted octanol–water partition coefficient (Wildman–Crippen LogP) is 3.32. The van der Waals surface area contributed by atoms with Crippen molar-refractivity contribution in [1.82, 2.24) is 15.3 Å². The Kier molecular flexibility index (Phi) is 5.70. The lowest BCUT2D eigenvalue weighted by Gasteiger charge is -2.30. The van der Waals surface area contributed by atoms with Gasteiger partial charge in [0.25, 0.3) is 5.91 Å². The normalized spacial score (nSPS) is 13.9. The monoisotopic (exact) mass is 401 g/mol. The molecule has 1 aliphatic rings. The fourth-order valence-corrected chi connectivity index (χ4v) is 3.51. The number of pyridine rings is 2. The van der Waals surface area contributed by atoms with Gasteiger partial charge in [-0.05, 0) is 35.7 Å². The van der Waals surface area contributed by atoms with Crippen LogP contribution in [0.2, 0.25) is 0 Å². The van der Waals surface area contributed by atoms with Gasteiger partial charge in [-0.15, -0.1) is 0 Å². The predicted molar refractivity (Wildman–Crippen MR) is 115 cm³/mol. The largest absolute Gasteiger partial charge is 0.359 e. The van der Waals surface area contributed by atoms with Gasteiger partial charge in [0, 0.05) is 18.6 Å². The number of amides is 2. The standard InChI is InChI=1S/C23H23N5O2/c1-2-19(17-8-10-24-11-9-17)27-23(30)18-12-20-22(25-13-18)26-14-21(29)28(20)15-16-6-4-3-5-7-16/h3-13,19H,2,14-15H2,1H3,(H,25,26)(H,27,30). The summed E-state index contributed by atoms with van der Waals surface area (Å²) in [6.07, 6.45) is 5.71. The van der Waals surface area contributed by atoms with Crippen molar-refractivity contribution in [2.24, 2.45) is 0 Å². The average Bonchev–Trinajstić information content (AvgIpc) is 2.80. The second-order valence-electron chi connectivity index (χ2n) is 7.13. The molecule has 3 aromatic rings. The van der Waals surface area contributed by atoms with Gasteiger partial charge < -0.3 is 15.5 Å². The van der Waals surface area contributed by atoms with Crippen LogP contribution in [0.25, 0.3) is 0 Å². The highest BCUT2D eigenvalue weighted by atomic mass is 16.2. The van der Waals surface area contributed by atoms with Crippen LogP contribution in [0.15, 0.2) is 67.1 Å². The van der Waals surface area contributed by atoms with Crippen molar-refractivity contribution in [3.05, 3.63) is 83.8 Å². The Morgan fingerprint density at radius 2 is 1.97 bits per heavy atom. The molecule has 0 bridgehead atoms. The highest BCUT2D eigenvalue weighted by Gasteiger charge is 2.26. The van der Waals surface area contributed by atoms with Gasteiger partial charge in [-0.2, -0.15) is 0 Å². The number of nitrogens with zero attached hydrogens (tertiary/aromatic N) is 3. The zero-order chi connectivity index (χ0) is 20.9. The minimum absolute atomic E-state index is 0.0612. The minimum Gasteiger partial charge on any atom is -0.359 e. The van der Waals surface area contributed by atoms with Crippen molar-refractivity contribution in [1.29, 1.82) is 0 Å². The van der Waals surface area contributed by atoms with Crippen molar-refractivity contribution in [3.63, 3.8) is 0 Å². The number of hydrogen-bond donors (Lipinski definition) is 2. The van der Waals surface area contributed by atoms with Crippen LogP contribution in [-0.4, -0.2) is 28.3 Å². The van der Waals surface area contributed by atoms with E-state index in [-0.39, 0.29) is 24.4 Å². The van der Waals surface area contributed by atoms with Gasteiger partial charge in [0.05, 0.1) is 30.4 Å². The smallest absolute Gasteiger partial charge is 0.253 e. The Morgan fingerprint density at radius 3 is 2.70 bits per heavy atom. The number of hydrogen-bond acceptors (Lipinski definition) is 5. The van der Waals surface area contributed by atoms with E-state index in [0.717, 1.165) is 17.5 Å². The summed E-state index contributed by atoms with van der Waals surface area (Å²) in [6.45, 7) is 2.62. The van der Waals surface area contributed by atoms with Crippen LogP contribution >= 0.6 is 0 Å². The SMILES string of the molecule is CCC(NC(=O)c1cnc2c(c1)N(Cc1ccccc1)C(=O)CN2)c1ccncc1. The number of rotatable bonds is 6. The Bertz CT molecular complexity index is 1040. The van der Waals surface area contributed by atoms with Gasteiger partial charge in [-0.25, -0.2) is 4.98 Å². The number of carbonyl (C=O) groups excluding carboxylic acids is 2. The molecule has 3 heterocycles. The molecule has 2 N–H and O–H groups in total. The van der Waals surface area contributed by atoms with Gasteiger partial charge in [-0.3, -0.25) is 14.6 Å². The Hall–Kier alpha value is -3.74. The van der Waals surface area contributed by atoms with E-state index in [9.17, 15) is 9.59 Å². The molecule has 2 aromatic heterocycles. The second kappa shape index (κ2) is 8.73. The Labute approximate surface area is 175 Å². The second-order valence-corrected chi connectivity index (χ2v) is 7.13. The first-order valence-corrected chi connectivity index (χ1v) is 9.94. The number of carbonyl (C=O) groups is 2. The Balaban J connectivity index is 1.59. The molecule has 30 heavy (non-hydrogen) atoms. The summed E-state index contributed by atoms with van der Waals surface area (Å²) in [6, 6.07) is 15.1. The summed E-state index contributed by atoms with van der Waals surface area (Å²) in [5.41, 5.74) is 3.03. The van der Waals surface area contributed by atoms with Crippen LogP contribution < -0.4 is 15.5 Å². The first-order chi connectivity index (χ1) is 14.7. The molecule has 0 radical (unpaired) electrons. The van der Waals surface area contributed by atoms with E-state index < -0.39 is 0 Å². The Morgan fingerprint density at radius 1 is 1.20 bits per heavy atom. The molecule has 0 spiro atoms. The summed E-state index contributed by atoms with van der Waals surface area (Å²) >= 11 is 0. The van der Waals surface area contributed by atoms with Gasteiger partial charge in [0.2, 0.25) is 5.91 Å². The lowest BCUT2D eigenvalue weighted by atomic mass is 10.1. The molecule has 1 aliphatic heterocycles. The van der Waals surface area contributed by atoms with Crippen LogP contribution in [0.5, 0.6) is 0 Å². The van der Waals surface area contributed by atoms with E-state index in [1.165, 1.54) is 6.20 Å². The number of fused-ring (bicyclic) bond motifs is 1. The molecule has 7 heteroatoms. The molecule has 1 atom stereocenters. The molecule has 0 saturated carbocycles. The maximum absolute atomic E-state index is 12.9. The maximum Gasteiger partial charge on any atom is 0.253 e. The van der Waals surface area contributed by atoms with Crippen LogP contribution in [-0.2, 0) is 11.3 Å². The maximum atomic E-state index is 12.9.